The third kappa shape index (κ3) is 5.74. The van der Waals surface area contributed by atoms with Gasteiger partial charge >= 0.3 is 0 Å². The maximum Gasteiger partial charge on any atom is 0.239 e. The Morgan fingerprint density at radius 2 is 1.95 bits per heavy atom. The third-order valence-electron chi connectivity index (χ3n) is 3.84. The number of hydrogen-bond acceptors (Lipinski definition) is 4. The molecule has 2 N–H and O–H groups in total. The minimum atomic E-state index is -0.368. The van der Waals surface area contributed by atoms with Crippen molar-refractivity contribution in [3.05, 3.63) is 0 Å². The van der Waals surface area contributed by atoms with E-state index in [2.05, 4.69) is 4.90 Å². The van der Waals surface area contributed by atoms with Crippen LogP contribution in [0.25, 0.3) is 0 Å². The first-order chi connectivity index (χ1) is 8.66. The Labute approximate surface area is 134 Å². The smallest absolute Gasteiger partial charge is 0.239 e. The molecule has 120 valence electrons. The van der Waals surface area contributed by atoms with Gasteiger partial charge in [0.25, 0.3) is 0 Å². The van der Waals surface area contributed by atoms with Gasteiger partial charge in [0, 0.05) is 32.7 Å². The number of halogens is 2. The van der Waals surface area contributed by atoms with Gasteiger partial charge in [-0.05, 0) is 25.7 Å². The van der Waals surface area contributed by atoms with Crippen LogP contribution in [0.5, 0.6) is 0 Å². The zero-order chi connectivity index (χ0) is 13.0. The fraction of sp³-hybridized carbons (Fsp3) is 0.923. The molecule has 0 saturated carbocycles. The van der Waals surface area contributed by atoms with Crippen molar-refractivity contribution >= 4 is 30.7 Å². The second-order valence-corrected chi connectivity index (χ2v) is 5.49. The minimum Gasteiger partial charge on any atom is -0.379 e. The molecule has 0 aromatic heterocycles. The Hall–Kier alpha value is -0.0700. The molecule has 2 aliphatic heterocycles. The van der Waals surface area contributed by atoms with E-state index in [1.54, 1.807) is 6.92 Å². The van der Waals surface area contributed by atoms with Crippen LogP contribution in [0.15, 0.2) is 0 Å². The van der Waals surface area contributed by atoms with Crippen molar-refractivity contribution in [1.82, 2.24) is 9.80 Å². The molecule has 2 saturated heterocycles. The quantitative estimate of drug-likeness (QED) is 0.831. The molecule has 2 aliphatic rings. The lowest BCUT2D eigenvalue weighted by atomic mass is 9.96. The highest BCUT2D eigenvalue weighted by atomic mass is 35.5. The number of likely N-dealkylation sites (tertiary alicyclic amines) is 1. The third-order valence-corrected chi connectivity index (χ3v) is 3.84. The number of carbonyl (C=O) groups is 1. The Morgan fingerprint density at radius 3 is 2.55 bits per heavy atom. The number of hydrogen-bond donors (Lipinski definition) is 1. The lowest BCUT2D eigenvalue weighted by Gasteiger charge is -2.37. The number of ether oxygens (including phenoxy) is 1. The van der Waals surface area contributed by atoms with Crippen molar-refractivity contribution in [2.24, 2.45) is 11.7 Å². The summed E-state index contributed by atoms with van der Waals surface area (Å²) in [6.45, 7) is 8.34. The number of morpholine rings is 1. The predicted molar refractivity (Wildman–Crippen MR) is 84.7 cm³/mol. The highest BCUT2D eigenvalue weighted by molar-refractivity contribution is 5.85. The molecule has 0 aromatic carbocycles. The van der Waals surface area contributed by atoms with E-state index in [1.165, 1.54) is 6.42 Å². The van der Waals surface area contributed by atoms with E-state index in [-0.39, 0.29) is 36.8 Å². The molecule has 5 nitrogen and oxygen atoms in total. The molecule has 0 bridgehead atoms. The molecular weight excluding hydrogens is 301 g/mol. The number of amides is 1. The number of carbonyl (C=O) groups excluding carboxylic acids is 1. The van der Waals surface area contributed by atoms with Gasteiger partial charge in [0.1, 0.15) is 0 Å². The van der Waals surface area contributed by atoms with Gasteiger partial charge in [-0.25, -0.2) is 0 Å². The van der Waals surface area contributed by atoms with Crippen LogP contribution in [0.4, 0.5) is 0 Å². The first kappa shape index (κ1) is 19.9. The second kappa shape index (κ2) is 9.79. The summed E-state index contributed by atoms with van der Waals surface area (Å²) in [5.74, 6) is 0.696. The van der Waals surface area contributed by atoms with E-state index >= 15 is 0 Å². The van der Waals surface area contributed by atoms with Crippen LogP contribution >= 0.6 is 24.8 Å². The maximum absolute atomic E-state index is 11.9. The largest absolute Gasteiger partial charge is 0.379 e. The highest BCUT2D eigenvalue weighted by Gasteiger charge is 2.26. The van der Waals surface area contributed by atoms with Crippen molar-refractivity contribution in [1.29, 1.82) is 0 Å². The van der Waals surface area contributed by atoms with Crippen molar-refractivity contribution < 1.29 is 9.53 Å². The van der Waals surface area contributed by atoms with Gasteiger partial charge in [-0.3, -0.25) is 9.69 Å². The fourth-order valence-electron chi connectivity index (χ4n) is 2.85. The van der Waals surface area contributed by atoms with Gasteiger partial charge in [-0.2, -0.15) is 0 Å². The summed E-state index contributed by atoms with van der Waals surface area (Å²) in [5, 5.41) is 0. The molecule has 2 heterocycles. The number of rotatable bonds is 3. The van der Waals surface area contributed by atoms with Gasteiger partial charge in [0.05, 0.1) is 19.3 Å². The van der Waals surface area contributed by atoms with E-state index in [1.807, 2.05) is 4.90 Å². The van der Waals surface area contributed by atoms with Crippen molar-refractivity contribution in [3.8, 4) is 0 Å². The molecular formula is C13H27Cl2N3O2. The molecule has 2 rings (SSSR count). The average Bonchev–Trinajstić information content (AvgIpc) is 2.39. The normalized spacial score (nSPS) is 25.3. The topological polar surface area (TPSA) is 58.8 Å². The van der Waals surface area contributed by atoms with E-state index in [4.69, 9.17) is 10.5 Å². The molecule has 0 aliphatic carbocycles. The van der Waals surface area contributed by atoms with E-state index in [0.29, 0.717) is 5.92 Å². The Balaban J connectivity index is 0.00000180. The van der Waals surface area contributed by atoms with Gasteiger partial charge in [-0.1, -0.05) is 0 Å². The molecule has 2 atom stereocenters. The number of nitrogens with zero attached hydrogens (tertiary/aromatic N) is 2. The molecule has 2 fully saturated rings. The monoisotopic (exact) mass is 327 g/mol. The highest BCUT2D eigenvalue weighted by Crippen LogP contribution is 2.18. The van der Waals surface area contributed by atoms with Gasteiger partial charge in [0.2, 0.25) is 5.91 Å². The molecule has 0 radical (unpaired) electrons. The van der Waals surface area contributed by atoms with Gasteiger partial charge < -0.3 is 15.4 Å². The Morgan fingerprint density at radius 1 is 1.30 bits per heavy atom. The first-order valence-corrected chi connectivity index (χ1v) is 7.01. The van der Waals surface area contributed by atoms with Gasteiger partial charge in [0.15, 0.2) is 0 Å². The molecule has 20 heavy (non-hydrogen) atoms. The van der Waals surface area contributed by atoms with Crippen LogP contribution in [0.2, 0.25) is 0 Å². The molecule has 0 aromatic rings. The van der Waals surface area contributed by atoms with Crippen LogP contribution in [0.1, 0.15) is 19.8 Å². The maximum atomic E-state index is 11.9. The van der Waals surface area contributed by atoms with Crippen LogP contribution in [-0.4, -0.2) is 67.7 Å². The Kier molecular flexibility index (Phi) is 9.76. The van der Waals surface area contributed by atoms with E-state index < -0.39 is 0 Å². The summed E-state index contributed by atoms with van der Waals surface area (Å²) in [6, 6.07) is -0.368. The predicted octanol–water partition coefficient (Wildman–Crippen LogP) is 0.748. The zero-order valence-electron chi connectivity index (χ0n) is 12.1. The number of nitrogens with two attached hydrogens (primary N) is 1. The van der Waals surface area contributed by atoms with Crippen LogP contribution < -0.4 is 5.73 Å². The zero-order valence-corrected chi connectivity index (χ0v) is 13.8. The summed E-state index contributed by atoms with van der Waals surface area (Å²) in [5.41, 5.74) is 5.68. The van der Waals surface area contributed by atoms with Crippen molar-refractivity contribution in [2.75, 3.05) is 45.9 Å². The van der Waals surface area contributed by atoms with Gasteiger partial charge in [-0.15, -0.1) is 24.8 Å². The molecule has 1 unspecified atom stereocenters. The average molecular weight is 328 g/mol. The number of piperidine rings is 1. The lowest BCUT2D eigenvalue weighted by Crippen LogP contribution is -2.49. The lowest BCUT2D eigenvalue weighted by molar-refractivity contribution is -0.134. The van der Waals surface area contributed by atoms with Crippen molar-refractivity contribution in [3.63, 3.8) is 0 Å². The fourth-order valence-corrected chi connectivity index (χ4v) is 2.85. The minimum absolute atomic E-state index is 0. The standard InChI is InChI=1S/C13H25N3O2.2ClH/c1-11(14)13(17)16-4-2-3-12(10-16)9-15-5-7-18-8-6-15;;/h11-12H,2-10,14H2,1H3;2*1H/t11-,12?;;/m1../s1. The summed E-state index contributed by atoms with van der Waals surface area (Å²) >= 11 is 0. The van der Waals surface area contributed by atoms with Crippen molar-refractivity contribution in [2.45, 2.75) is 25.8 Å². The van der Waals surface area contributed by atoms with E-state index in [9.17, 15) is 4.79 Å². The van der Waals surface area contributed by atoms with E-state index in [0.717, 1.165) is 52.4 Å². The van der Waals surface area contributed by atoms with Crippen LogP contribution in [0.3, 0.4) is 0 Å². The second-order valence-electron chi connectivity index (χ2n) is 5.49. The summed E-state index contributed by atoms with van der Waals surface area (Å²) in [7, 11) is 0. The van der Waals surface area contributed by atoms with Crippen LogP contribution in [0, 0.1) is 5.92 Å². The summed E-state index contributed by atoms with van der Waals surface area (Å²) in [4.78, 5) is 16.3. The van der Waals surface area contributed by atoms with Crippen LogP contribution in [-0.2, 0) is 9.53 Å². The summed E-state index contributed by atoms with van der Waals surface area (Å²) < 4.78 is 5.36. The first-order valence-electron chi connectivity index (χ1n) is 7.01. The molecule has 0 spiro atoms. The SMILES string of the molecule is C[C@@H](N)C(=O)N1CCCC(CN2CCOCC2)C1.Cl.Cl. The Bertz CT molecular complexity index is 287. The summed E-state index contributed by atoms with van der Waals surface area (Å²) in [6.07, 6.45) is 2.33. The molecule has 7 heteroatoms. The molecule has 1 amide bonds.